The van der Waals surface area contributed by atoms with Crippen molar-refractivity contribution in [2.24, 2.45) is 5.92 Å². The van der Waals surface area contributed by atoms with Crippen LogP contribution in [0.3, 0.4) is 0 Å². The largest absolute Gasteiger partial charge is 0.316 e. The molecule has 1 atom stereocenters. The Balaban J connectivity index is 1.65. The maximum Gasteiger partial charge on any atom is 0.0965 e. The molecule has 0 aromatic carbocycles. The van der Waals surface area contributed by atoms with E-state index in [1.807, 2.05) is 6.20 Å². The van der Waals surface area contributed by atoms with Crippen molar-refractivity contribution in [2.75, 3.05) is 13.1 Å². The summed E-state index contributed by atoms with van der Waals surface area (Å²) in [6, 6.07) is 0. The molecule has 17 heavy (non-hydrogen) atoms. The zero-order valence-corrected chi connectivity index (χ0v) is 11.6. The minimum Gasteiger partial charge on any atom is -0.316 e. The molecule has 1 heterocycles. The molecule has 0 saturated heterocycles. The van der Waals surface area contributed by atoms with Crippen molar-refractivity contribution in [3.05, 3.63) is 16.6 Å². The Morgan fingerprint density at radius 3 is 2.76 bits per heavy atom. The van der Waals surface area contributed by atoms with Gasteiger partial charge in [0.25, 0.3) is 0 Å². The van der Waals surface area contributed by atoms with Gasteiger partial charge in [0.2, 0.25) is 0 Å². The highest BCUT2D eigenvalue weighted by molar-refractivity contribution is 7.09. The number of aromatic nitrogens is 1. The molecule has 96 valence electrons. The van der Waals surface area contributed by atoms with Crippen molar-refractivity contribution in [3.63, 3.8) is 0 Å². The van der Waals surface area contributed by atoms with Crippen molar-refractivity contribution in [1.29, 1.82) is 0 Å². The third kappa shape index (κ3) is 4.40. The van der Waals surface area contributed by atoms with Gasteiger partial charge in [-0.15, -0.1) is 11.3 Å². The molecule has 2 rings (SSSR count). The summed E-state index contributed by atoms with van der Waals surface area (Å²) >= 11 is 1.77. The Labute approximate surface area is 109 Å². The monoisotopic (exact) mass is 252 g/mol. The summed E-state index contributed by atoms with van der Waals surface area (Å²) in [4.78, 5) is 4.38. The highest BCUT2D eigenvalue weighted by atomic mass is 32.1. The first kappa shape index (κ1) is 13.0. The van der Waals surface area contributed by atoms with E-state index in [-0.39, 0.29) is 0 Å². The van der Waals surface area contributed by atoms with Gasteiger partial charge in [-0.05, 0) is 25.3 Å². The van der Waals surface area contributed by atoms with Crippen LogP contribution in [0.4, 0.5) is 0 Å². The van der Waals surface area contributed by atoms with Crippen LogP contribution in [0, 0.1) is 5.92 Å². The third-order valence-corrected chi connectivity index (χ3v) is 4.74. The van der Waals surface area contributed by atoms with Crippen molar-refractivity contribution in [2.45, 2.75) is 51.4 Å². The second kappa shape index (κ2) is 7.12. The summed E-state index contributed by atoms with van der Waals surface area (Å²) in [7, 11) is 0. The van der Waals surface area contributed by atoms with Crippen LogP contribution in [0.1, 0.15) is 56.4 Å². The number of thiazole rings is 1. The summed E-state index contributed by atoms with van der Waals surface area (Å²) in [6.07, 6.45) is 10.5. The first-order valence-corrected chi connectivity index (χ1v) is 7.84. The predicted molar refractivity (Wildman–Crippen MR) is 74.6 cm³/mol. The summed E-state index contributed by atoms with van der Waals surface area (Å²) < 4.78 is 0. The normalized spacial score (nSPS) is 20.1. The summed E-state index contributed by atoms with van der Waals surface area (Å²) in [5.41, 5.74) is 0. The lowest BCUT2D eigenvalue weighted by Gasteiger charge is -2.16. The second-order valence-electron chi connectivity index (χ2n) is 5.29. The molecule has 0 amide bonds. The van der Waals surface area contributed by atoms with Gasteiger partial charge in [0.15, 0.2) is 0 Å². The summed E-state index contributed by atoms with van der Waals surface area (Å²) in [5.74, 6) is 1.47. The highest BCUT2D eigenvalue weighted by Crippen LogP contribution is 2.22. The van der Waals surface area contributed by atoms with E-state index >= 15 is 0 Å². The number of rotatable bonds is 5. The van der Waals surface area contributed by atoms with E-state index in [4.69, 9.17) is 0 Å². The van der Waals surface area contributed by atoms with Gasteiger partial charge >= 0.3 is 0 Å². The van der Waals surface area contributed by atoms with Crippen molar-refractivity contribution in [1.82, 2.24) is 10.3 Å². The Morgan fingerprint density at radius 1 is 1.35 bits per heavy atom. The van der Waals surface area contributed by atoms with E-state index in [0.29, 0.717) is 5.92 Å². The summed E-state index contributed by atoms with van der Waals surface area (Å²) in [5, 5.41) is 6.97. The molecule has 0 spiro atoms. The lowest BCUT2D eigenvalue weighted by molar-refractivity contribution is 0.419. The first-order chi connectivity index (χ1) is 8.36. The Bertz CT molecular complexity index is 289. The molecule has 1 aromatic heterocycles. The van der Waals surface area contributed by atoms with Crippen LogP contribution < -0.4 is 5.32 Å². The van der Waals surface area contributed by atoms with E-state index < -0.39 is 0 Å². The molecular weight excluding hydrogens is 228 g/mol. The molecule has 2 nitrogen and oxygen atoms in total. The van der Waals surface area contributed by atoms with Crippen LogP contribution in [0.15, 0.2) is 11.6 Å². The van der Waals surface area contributed by atoms with Gasteiger partial charge in [0.05, 0.1) is 5.01 Å². The lowest BCUT2D eigenvalue weighted by Crippen LogP contribution is -2.26. The second-order valence-corrected chi connectivity index (χ2v) is 6.21. The van der Waals surface area contributed by atoms with Crippen LogP contribution in [0.2, 0.25) is 0 Å². The number of hydrogen-bond acceptors (Lipinski definition) is 3. The van der Waals surface area contributed by atoms with E-state index in [0.717, 1.165) is 12.5 Å². The van der Waals surface area contributed by atoms with Gasteiger partial charge in [-0.1, -0.05) is 32.6 Å². The molecule has 0 bridgehead atoms. The SMILES string of the molecule is CC(CNCC1CCCCCC1)c1nccs1. The average Bonchev–Trinajstić information content (AvgIpc) is 2.75. The third-order valence-electron chi connectivity index (χ3n) is 3.73. The number of nitrogens with one attached hydrogen (secondary N) is 1. The van der Waals surface area contributed by atoms with Gasteiger partial charge in [0.1, 0.15) is 0 Å². The topological polar surface area (TPSA) is 24.9 Å². The van der Waals surface area contributed by atoms with Crippen LogP contribution in [-0.2, 0) is 0 Å². The lowest BCUT2D eigenvalue weighted by atomic mass is 10.0. The average molecular weight is 252 g/mol. The maximum absolute atomic E-state index is 4.38. The fraction of sp³-hybridized carbons (Fsp3) is 0.786. The Kier molecular flexibility index (Phi) is 5.46. The Hall–Kier alpha value is -0.410. The van der Waals surface area contributed by atoms with Crippen LogP contribution in [0.5, 0.6) is 0 Å². The van der Waals surface area contributed by atoms with Gasteiger partial charge < -0.3 is 5.32 Å². The number of hydrogen-bond donors (Lipinski definition) is 1. The van der Waals surface area contributed by atoms with E-state index in [1.54, 1.807) is 11.3 Å². The zero-order chi connectivity index (χ0) is 11.9. The molecule has 1 saturated carbocycles. The fourth-order valence-electron chi connectivity index (χ4n) is 2.64. The molecule has 1 aliphatic carbocycles. The van der Waals surface area contributed by atoms with Gasteiger partial charge in [-0.2, -0.15) is 0 Å². The standard InChI is InChI=1S/C14H24N2S/c1-12(14-16-8-9-17-14)10-15-11-13-6-4-2-3-5-7-13/h8-9,12-13,15H,2-7,10-11H2,1H3. The van der Waals surface area contributed by atoms with E-state index in [1.165, 1.54) is 50.1 Å². The minimum absolute atomic E-state index is 0.556. The smallest absolute Gasteiger partial charge is 0.0965 e. The van der Waals surface area contributed by atoms with Crippen molar-refractivity contribution < 1.29 is 0 Å². The van der Waals surface area contributed by atoms with Crippen LogP contribution in [0.25, 0.3) is 0 Å². The maximum atomic E-state index is 4.38. The molecule has 1 aliphatic rings. The molecule has 0 aliphatic heterocycles. The summed E-state index contributed by atoms with van der Waals surface area (Å²) in [6.45, 7) is 4.54. The van der Waals surface area contributed by atoms with E-state index in [9.17, 15) is 0 Å². The first-order valence-electron chi connectivity index (χ1n) is 6.96. The fourth-order valence-corrected chi connectivity index (χ4v) is 3.34. The molecule has 0 radical (unpaired) electrons. The predicted octanol–water partition coefficient (Wildman–Crippen LogP) is 3.81. The van der Waals surface area contributed by atoms with Gasteiger partial charge in [0, 0.05) is 24.0 Å². The van der Waals surface area contributed by atoms with Gasteiger partial charge in [-0.3, -0.25) is 0 Å². The molecule has 3 heteroatoms. The molecule has 1 aromatic rings. The quantitative estimate of drug-likeness (QED) is 0.806. The van der Waals surface area contributed by atoms with Crippen molar-refractivity contribution >= 4 is 11.3 Å². The minimum atomic E-state index is 0.556. The molecule has 1 fully saturated rings. The van der Waals surface area contributed by atoms with Crippen molar-refractivity contribution in [3.8, 4) is 0 Å². The highest BCUT2D eigenvalue weighted by Gasteiger charge is 2.13. The molecule has 1 N–H and O–H groups in total. The molecule has 1 unspecified atom stereocenters. The van der Waals surface area contributed by atoms with E-state index in [2.05, 4.69) is 22.6 Å². The van der Waals surface area contributed by atoms with Gasteiger partial charge in [-0.25, -0.2) is 4.98 Å². The zero-order valence-electron chi connectivity index (χ0n) is 10.8. The molecular formula is C14H24N2S. The Morgan fingerprint density at radius 2 is 2.12 bits per heavy atom. The number of nitrogens with zero attached hydrogens (tertiary/aromatic N) is 1. The van der Waals surface area contributed by atoms with Crippen LogP contribution in [-0.4, -0.2) is 18.1 Å². The van der Waals surface area contributed by atoms with Crippen LogP contribution >= 0.6 is 11.3 Å².